The van der Waals surface area contributed by atoms with Crippen LogP contribution in [0.5, 0.6) is 0 Å². The molecule has 0 bridgehead atoms. The third-order valence-electron chi connectivity index (χ3n) is 2.95. The summed E-state index contributed by atoms with van der Waals surface area (Å²) >= 11 is 0. The molecule has 0 aliphatic carbocycles. The van der Waals surface area contributed by atoms with Crippen molar-refractivity contribution in [1.29, 1.82) is 0 Å². The standard InChI is InChI=1S/C8H9NO17S3/c10-1(2(11)8(15)26-29(22,23)24)7(14)25-9-5(12)3(27(16,17)18)4(6(9)13)28(19,20)21/h1-4,10-11H,(H,16,17,18)(H,19,20,21)(H,22,23,24). The minimum Gasteiger partial charge on any atom is -0.379 e. The molecule has 0 radical (unpaired) electrons. The van der Waals surface area contributed by atoms with Crippen molar-refractivity contribution in [1.82, 2.24) is 5.06 Å². The van der Waals surface area contributed by atoms with E-state index in [-0.39, 0.29) is 0 Å². The molecule has 1 aliphatic heterocycles. The summed E-state index contributed by atoms with van der Waals surface area (Å²) in [5.74, 6) is -9.13. The zero-order chi connectivity index (χ0) is 23.1. The van der Waals surface area contributed by atoms with Crippen molar-refractivity contribution < 1.29 is 77.3 Å². The van der Waals surface area contributed by atoms with Gasteiger partial charge in [-0.05, 0) is 0 Å². The Morgan fingerprint density at radius 1 is 0.793 bits per heavy atom. The summed E-state index contributed by atoms with van der Waals surface area (Å²) in [6.07, 6.45) is -6.23. The van der Waals surface area contributed by atoms with E-state index in [0.29, 0.717) is 0 Å². The molecule has 1 saturated heterocycles. The van der Waals surface area contributed by atoms with Gasteiger partial charge in [0.2, 0.25) is 0 Å². The lowest BCUT2D eigenvalue weighted by Crippen LogP contribution is -2.46. The molecule has 0 aromatic heterocycles. The maximum Gasteiger partial charge on any atom is 0.449 e. The first-order valence-electron chi connectivity index (χ1n) is 6.38. The number of hydroxylamine groups is 2. The van der Waals surface area contributed by atoms with Crippen molar-refractivity contribution in [3.63, 3.8) is 0 Å². The molecule has 1 rings (SSSR count). The van der Waals surface area contributed by atoms with E-state index in [2.05, 4.69) is 9.02 Å². The minimum atomic E-state index is -5.68. The van der Waals surface area contributed by atoms with Crippen molar-refractivity contribution in [2.75, 3.05) is 0 Å². The van der Waals surface area contributed by atoms with E-state index in [0.717, 1.165) is 0 Å². The average Bonchev–Trinajstić information content (AvgIpc) is 2.75. The van der Waals surface area contributed by atoms with Crippen molar-refractivity contribution >= 4 is 54.4 Å². The highest BCUT2D eigenvalue weighted by atomic mass is 32.3. The number of imide groups is 1. The lowest BCUT2D eigenvalue weighted by atomic mass is 10.2. The lowest BCUT2D eigenvalue weighted by Gasteiger charge is -2.18. The molecular weight excluding hydrogens is 478 g/mol. The molecule has 1 fully saturated rings. The normalized spacial score (nSPS) is 22.9. The van der Waals surface area contributed by atoms with Crippen molar-refractivity contribution in [2.24, 2.45) is 0 Å². The highest BCUT2D eigenvalue weighted by Gasteiger charge is 2.62. The highest BCUT2D eigenvalue weighted by molar-refractivity contribution is 7.91. The molecular formula is C8H9NO17S3. The van der Waals surface area contributed by atoms with Gasteiger partial charge in [-0.1, -0.05) is 5.06 Å². The van der Waals surface area contributed by atoms with Gasteiger partial charge in [0.05, 0.1) is 0 Å². The number of aliphatic hydroxyl groups excluding tert-OH is 2. The van der Waals surface area contributed by atoms with Crippen molar-refractivity contribution in [3.05, 3.63) is 0 Å². The fourth-order valence-electron chi connectivity index (χ4n) is 1.81. The Labute approximate surface area is 160 Å². The Kier molecular flexibility index (Phi) is 6.72. The summed E-state index contributed by atoms with van der Waals surface area (Å²) in [6, 6.07) is 0. The monoisotopic (exact) mass is 487 g/mol. The molecule has 29 heavy (non-hydrogen) atoms. The minimum absolute atomic E-state index is 0.913. The van der Waals surface area contributed by atoms with E-state index >= 15 is 0 Å². The predicted octanol–water partition coefficient (Wildman–Crippen LogP) is -5.61. The van der Waals surface area contributed by atoms with Crippen LogP contribution in [0.2, 0.25) is 0 Å². The second-order valence-electron chi connectivity index (χ2n) is 4.97. The molecule has 18 nitrogen and oxygen atoms in total. The quantitative estimate of drug-likeness (QED) is 0.165. The summed E-state index contributed by atoms with van der Waals surface area (Å²) < 4.78 is 94.4. The fraction of sp³-hybridized carbons (Fsp3) is 0.500. The molecule has 21 heteroatoms. The van der Waals surface area contributed by atoms with E-state index in [1.807, 2.05) is 0 Å². The van der Waals surface area contributed by atoms with Gasteiger partial charge in [-0.3, -0.25) is 23.2 Å². The third-order valence-corrected chi connectivity index (χ3v) is 5.73. The SMILES string of the molecule is O=C(ON1C(=O)C(S(=O)(=O)O)C(S(=O)(=O)O)C1=O)C(O)C(O)C(=O)OS(=O)(=O)O. The predicted molar refractivity (Wildman–Crippen MR) is 78.3 cm³/mol. The second-order valence-corrected chi connectivity index (χ2v) is 9.07. The maximum absolute atomic E-state index is 11.8. The van der Waals surface area contributed by atoms with E-state index in [9.17, 15) is 54.6 Å². The number of hydrogen-bond donors (Lipinski definition) is 5. The van der Waals surface area contributed by atoms with Gasteiger partial charge in [-0.25, -0.2) is 9.59 Å². The van der Waals surface area contributed by atoms with E-state index in [1.54, 1.807) is 0 Å². The average molecular weight is 487 g/mol. The number of amides is 2. The first-order chi connectivity index (χ1) is 12.8. The molecule has 5 N–H and O–H groups in total. The van der Waals surface area contributed by atoms with Crippen LogP contribution in [0.15, 0.2) is 0 Å². The molecule has 2 amide bonds. The first-order valence-corrected chi connectivity index (χ1v) is 10.7. The van der Waals surface area contributed by atoms with Gasteiger partial charge in [-0.2, -0.15) is 25.3 Å². The molecule has 1 heterocycles. The smallest absolute Gasteiger partial charge is 0.379 e. The largest absolute Gasteiger partial charge is 0.449 e. The number of hydrogen-bond acceptors (Lipinski definition) is 14. The Morgan fingerprint density at radius 2 is 1.14 bits per heavy atom. The van der Waals surface area contributed by atoms with E-state index in [4.69, 9.17) is 13.7 Å². The van der Waals surface area contributed by atoms with Gasteiger partial charge in [0.15, 0.2) is 22.7 Å². The number of carbonyl (C=O) groups excluding carboxylic acids is 4. The number of carbonyl (C=O) groups is 4. The molecule has 0 saturated carbocycles. The summed E-state index contributed by atoms with van der Waals surface area (Å²) in [5, 5.41) is 11.3. The number of aliphatic hydroxyl groups is 2. The molecule has 4 unspecified atom stereocenters. The molecule has 0 aromatic carbocycles. The van der Waals surface area contributed by atoms with Gasteiger partial charge >= 0.3 is 22.3 Å². The van der Waals surface area contributed by atoms with Crippen LogP contribution in [-0.2, 0) is 58.8 Å². The fourth-order valence-corrected chi connectivity index (χ4v) is 4.52. The van der Waals surface area contributed by atoms with Crippen LogP contribution < -0.4 is 0 Å². The topological polar surface area (TPSA) is 294 Å². The van der Waals surface area contributed by atoms with Crippen molar-refractivity contribution in [3.8, 4) is 0 Å². The number of rotatable bonds is 7. The van der Waals surface area contributed by atoms with Crippen molar-refractivity contribution in [2.45, 2.75) is 22.7 Å². The van der Waals surface area contributed by atoms with Gasteiger partial charge in [0, 0.05) is 0 Å². The Hall–Kier alpha value is -2.27. The first kappa shape index (κ1) is 24.8. The Balaban J connectivity index is 3.14. The van der Waals surface area contributed by atoms with Gasteiger partial charge < -0.3 is 19.2 Å². The zero-order valence-electron chi connectivity index (χ0n) is 13.1. The summed E-state index contributed by atoms with van der Waals surface area (Å²) in [4.78, 5) is 50.2. The third kappa shape index (κ3) is 5.63. The molecule has 0 aromatic rings. The molecule has 0 spiro atoms. The van der Waals surface area contributed by atoms with Crippen LogP contribution in [0.1, 0.15) is 0 Å². The van der Waals surface area contributed by atoms with E-state index < -0.39 is 82.2 Å². The van der Waals surface area contributed by atoms with Crippen LogP contribution in [0.25, 0.3) is 0 Å². The summed E-state index contributed by atoms with van der Waals surface area (Å²) in [6.45, 7) is 0. The summed E-state index contributed by atoms with van der Waals surface area (Å²) in [5.41, 5.74) is 0. The van der Waals surface area contributed by atoms with E-state index in [1.165, 1.54) is 0 Å². The molecule has 166 valence electrons. The highest BCUT2D eigenvalue weighted by Crippen LogP contribution is 2.26. The van der Waals surface area contributed by atoms with Crippen LogP contribution in [-0.4, -0.2) is 101 Å². The van der Waals surface area contributed by atoms with Crippen LogP contribution >= 0.6 is 0 Å². The van der Waals surface area contributed by atoms with Gasteiger partial charge in [0.25, 0.3) is 32.1 Å². The second kappa shape index (κ2) is 7.86. The molecule has 4 atom stereocenters. The van der Waals surface area contributed by atoms with Crippen LogP contribution in [0, 0.1) is 0 Å². The number of nitrogens with zero attached hydrogens (tertiary/aromatic N) is 1. The van der Waals surface area contributed by atoms with Gasteiger partial charge in [-0.15, -0.1) is 0 Å². The van der Waals surface area contributed by atoms with Gasteiger partial charge in [0.1, 0.15) is 0 Å². The molecule has 1 aliphatic rings. The Bertz CT molecular complexity index is 1000. The lowest BCUT2D eigenvalue weighted by molar-refractivity contribution is -0.207. The van der Waals surface area contributed by atoms with Crippen LogP contribution in [0.4, 0.5) is 0 Å². The van der Waals surface area contributed by atoms with Crippen LogP contribution in [0.3, 0.4) is 0 Å². The zero-order valence-corrected chi connectivity index (χ0v) is 15.6. The Morgan fingerprint density at radius 3 is 1.45 bits per heavy atom. The maximum atomic E-state index is 11.8. The summed E-state index contributed by atoms with van der Waals surface area (Å²) in [7, 11) is -16.9.